The maximum Gasteiger partial charge on any atom is 0.120 e. The quantitative estimate of drug-likeness (QED) is 0.465. The van der Waals surface area contributed by atoms with E-state index in [1.165, 1.54) is 4.90 Å². The van der Waals surface area contributed by atoms with E-state index in [1.807, 2.05) is 23.9 Å². The van der Waals surface area contributed by atoms with Crippen LogP contribution in [0.3, 0.4) is 0 Å². The number of nitrogens with zero attached hydrogens (tertiary/aromatic N) is 2. The maximum atomic E-state index is 9.06. The summed E-state index contributed by atoms with van der Waals surface area (Å²) in [5.74, 6) is 1.36. The fraction of sp³-hybridized carbons (Fsp3) is 0.684. The van der Waals surface area contributed by atoms with E-state index in [9.17, 15) is 0 Å². The number of azo groups is 1. The van der Waals surface area contributed by atoms with Crippen LogP contribution in [-0.2, 0) is 0 Å². The highest BCUT2D eigenvalue weighted by Crippen LogP contribution is 2.32. The molecule has 1 N–H and O–H groups in total. The summed E-state index contributed by atoms with van der Waals surface area (Å²) in [5.41, 5.74) is 0. The maximum absolute atomic E-state index is 9.06. The molecular formula is C19H32N2O2S. The fourth-order valence-electron chi connectivity index (χ4n) is 2.01. The third-order valence-electron chi connectivity index (χ3n) is 3.07. The summed E-state index contributed by atoms with van der Waals surface area (Å²) in [5, 5.41) is 17.5. The molecule has 0 aromatic heterocycles. The van der Waals surface area contributed by atoms with Crippen LogP contribution in [0.1, 0.15) is 47.5 Å². The molecule has 1 aromatic carbocycles. The second kappa shape index (κ2) is 10.7. The van der Waals surface area contributed by atoms with E-state index in [2.05, 4.69) is 57.0 Å². The van der Waals surface area contributed by atoms with Gasteiger partial charge in [0.2, 0.25) is 0 Å². The smallest absolute Gasteiger partial charge is 0.120 e. The van der Waals surface area contributed by atoms with Gasteiger partial charge in [0.05, 0.1) is 13.1 Å². The fourth-order valence-corrected chi connectivity index (χ4v) is 2.99. The normalized spacial score (nSPS) is 13.6. The first kappa shape index (κ1) is 21.0. The average molecular weight is 353 g/mol. The Labute approximate surface area is 151 Å². The SMILES string of the molecule is CC(C)CN=NCC(CCCO)Oc1ccc(SC(C)(C)C)cc1. The summed E-state index contributed by atoms with van der Waals surface area (Å²) in [6, 6.07) is 8.19. The zero-order valence-electron chi connectivity index (χ0n) is 15.7. The molecule has 0 fully saturated rings. The first-order chi connectivity index (χ1) is 11.3. The van der Waals surface area contributed by atoms with Crippen molar-refractivity contribution >= 4 is 11.8 Å². The topological polar surface area (TPSA) is 54.2 Å². The predicted molar refractivity (Wildman–Crippen MR) is 102 cm³/mol. The van der Waals surface area contributed by atoms with Gasteiger partial charge in [0.15, 0.2) is 0 Å². The molecule has 0 amide bonds. The van der Waals surface area contributed by atoms with Gasteiger partial charge >= 0.3 is 0 Å². The van der Waals surface area contributed by atoms with Gasteiger partial charge in [0.25, 0.3) is 0 Å². The van der Waals surface area contributed by atoms with Crippen LogP contribution in [0.4, 0.5) is 0 Å². The molecule has 0 aliphatic carbocycles. The van der Waals surface area contributed by atoms with Crippen molar-refractivity contribution in [1.29, 1.82) is 0 Å². The van der Waals surface area contributed by atoms with Gasteiger partial charge in [-0.05, 0) is 43.0 Å². The highest BCUT2D eigenvalue weighted by atomic mass is 32.2. The van der Waals surface area contributed by atoms with Gasteiger partial charge in [-0.15, -0.1) is 11.8 Å². The van der Waals surface area contributed by atoms with Crippen molar-refractivity contribution < 1.29 is 9.84 Å². The third-order valence-corrected chi connectivity index (χ3v) is 4.19. The lowest BCUT2D eigenvalue weighted by Gasteiger charge is -2.19. The van der Waals surface area contributed by atoms with E-state index in [0.29, 0.717) is 18.9 Å². The van der Waals surface area contributed by atoms with Crippen LogP contribution >= 0.6 is 11.8 Å². The largest absolute Gasteiger partial charge is 0.488 e. The molecule has 0 aliphatic rings. The number of rotatable bonds is 10. The minimum absolute atomic E-state index is 0.0471. The van der Waals surface area contributed by atoms with Crippen molar-refractivity contribution in [2.24, 2.45) is 16.1 Å². The van der Waals surface area contributed by atoms with Crippen LogP contribution in [0.15, 0.2) is 39.4 Å². The molecule has 1 atom stereocenters. The third kappa shape index (κ3) is 9.93. The van der Waals surface area contributed by atoms with Gasteiger partial charge in [-0.3, -0.25) is 0 Å². The Morgan fingerprint density at radius 1 is 1.08 bits per heavy atom. The molecule has 0 spiro atoms. The molecule has 1 unspecified atom stereocenters. The Bertz CT molecular complexity index is 481. The Morgan fingerprint density at radius 3 is 2.25 bits per heavy atom. The molecule has 4 nitrogen and oxygen atoms in total. The lowest BCUT2D eigenvalue weighted by atomic mass is 10.2. The standard InChI is InChI=1S/C19H32N2O2S/c1-15(2)13-20-21-14-17(7-6-12-22)23-16-8-10-18(11-9-16)24-19(3,4)5/h8-11,15,17,22H,6-7,12-14H2,1-5H3. The molecule has 5 heteroatoms. The first-order valence-corrected chi connectivity index (χ1v) is 9.51. The van der Waals surface area contributed by atoms with Crippen LogP contribution < -0.4 is 4.74 Å². The van der Waals surface area contributed by atoms with E-state index < -0.39 is 0 Å². The number of benzene rings is 1. The van der Waals surface area contributed by atoms with Gasteiger partial charge in [0, 0.05) is 16.2 Å². The molecule has 1 rings (SSSR count). The minimum Gasteiger partial charge on any atom is -0.488 e. The van der Waals surface area contributed by atoms with E-state index in [1.54, 1.807) is 0 Å². The Morgan fingerprint density at radius 2 is 1.71 bits per heavy atom. The molecule has 1 aromatic rings. The minimum atomic E-state index is -0.0471. The summed E-state index contributed by atoms with van der Waals surface area (Å²) in [6.45, 7) is 12.3. The van der Waals surface area contributed by atoms with Crippen LogP contribution in [0, 0.1) is 5.92 Å². The van der Waals surface area contributed by atoms with Crippen molar-refractivity contribution in [2.75, 3.05) is 19.7 Å². The molecule has 24 heavy (non-hydrogen) atoms. The van der Waals surface area contributed by atoms with Crippen molar-refractivity contribution in [2.45, 2.75) is 63.2 Å². The van der Waals surface area contributed by atoms with E-state index >= 15 is 0 Å². The Balaban J connectivity index is 2.59. The number of aliphatic hydroxyl groups excluding tert-OH is 1. The molecule has 0 radical (unpaired) electrons. The van der Waals surface area contributed by atoms with Gasteiger partial charge in [-0.1, -0.05) is 34.6 Å². The predicted octanol–water partition coefficient (Wildman–Crippen LogP) is 5.21. The molecule has 0 saturated carbocycles. The number of hydrogen-bond donors (Lipinski definition) is 1. The second-order valence-corrected chi connectivity index (χ2v) is 9.23. The number of aliphatic hydroxyl groups is 1. The van der Waals surface area contributed by atoms with Crippen LogP contribution in [0.2, 0.25) is 0 Å². The van der Waals surface area contributed by atoms with Crippen LogP contribution in [0.25, 0.3) is 0 Å². The van der Waals surface area contributed by atoms with Crippen LogP contribution in [0.5, 0.6) is 5.75 Å². The monoisotopic (exact) mass is 352 g/mol. The molecule has 0 heterocycles. The number of hydrogen-bond acceptors (Lipinski definition) is 5. The average Bonchev–Trinajstić information content (AvgIpc) is 2.49. The zero-order valence-corrected chi connectivity index (χ0v) is 16.5. The lowest BCUT2D eigenvalue weighted by molar-refractivity contribution is 0.178. The van der Waals surface area contributed by atoms with Crippen LogP contribution in [-0.4, -0.2) is 35.7 Å². The summed E-state index contributed by atoms with van der Waals surface area (Å²) in [7, 11) is 0. The molecular weight excluding hydrogens is 320 g/mol. The summed E-state index contributed by atoms with van der Waals surface area (Å²) >= 11 is 1.84. The van der Waals surface area contributed by atoms with Gasteiger partial charge in [-0.2, -0.15) is 10.2 Å². The molecule has 136 valence electrons. The van der Waals surface area contributed by atoms with Gasteiger partial charge in [-0.25, -0.2) is 0 Å². The summed E-state index contributed by atoms with van der Waals surface area (Å²) in [6.07, 6.45) is 1.44. The zero-order chi connectivity index (χ0) is 18.0. The Kier molecular flexibility index (Phi) is 9.37. The lowest BCUT2D eigenvalue weighted by Crippen LogP contribution is -2.20. The van der Waals surface area contributed by atoms with Crippen molar-refractivity contribution in [1.82, 2.24) is 0 Å². The van der Waals surface area contributed by atoms with Crippen molar-refractivity contribution in [3.63, 3.8) is 0 Å². The first-order valence-electron chi connectivity index (χ1n) is 8.70. The van der Waals surface area contributed by atoms with E-state index in [-0.39, 0.29) is 17.5 Å². The van der Waals surface area contributed by atoms with Gasteiger partial charge in [0.1, 0.15) is 11.9 Å². The summed E-state index contributed by atoms with van der Waals surface area (Å²) < 4.78 is 6.23. The Hall–Kier alpha value is -1.07. The molecule has 0 aliphatic heterocycles. The number of ether oxygens (including phenoxy) is 1. The number of thioether (sulfide) groups is 1. The van der Waals surface area contributed by atoms with Crippen molar-refractivity contribution in [3.8, 4) is 5.75 Å². The van der Waals surface area contributed by atoms with E-state index in [0.717, 1.165) is 18.7 Å². The molecule has 0 bridgehead atoms. The van der Waals surface area contributed by atoms with Crippen molar-refractivity contribution in [3.05, 3.63) is 24.3 Å². The van der Waals surface area contributed by atoms with Gasteiger partial charge < -0.3 is 9.84 Å². The van der Waals surface area contributed by atoms with E-state index in [4.69, 9.17) is 9.84 Å². The molecule has 0 saturated heterocycles. The highest BCUT2D eigenvalue weighted by molar-refractivity contribution is 8.00. The second-order valence-electron chi connectivity index (χ2n) is 7.33. The summed E-state index contributed by atoms with van der Waals surface area (Å²) in [4.78, 5) is 1.23. The highest BCUT2D eigenvalue weighted by Gasteiger charge is 2.13.